The molecule has 2 heteroatoms. The maximum Gasteiger partial charge on any atom is 0.0920 e. The Kier molecular flexibility index (Phi) is 9.67. The number of nitrogens with one attached hydrogen (secondary N) is 1. The van der Waals surface area contributed by atoms with Gasteiger partial charge in [-0.05, 0) is 149 Å². The fourth-order valence-corrected chi connectivity index (χ4v) is 11.1. The molecule has 6 aliphatic carbocycles. The summed E-state index contributed by atoms with van der Waals surface area (Å²) < 4.78 is 0. The Morgan fingerprint density at radius 1 is 0.656 bits per heavy atom. The van der Waals surface area contributed by atoms with Crippen molar-refractivity contribution in [1.82, 2.24) is 5.32 Å². The summed E-state index contributed by atoms with van der Waals surface area (Å²) in [4.78, 5) is 5.11. The van der Waals surface area contributed by atoms with Crippen molar-refractivity contribution in [2.75, 3.05) is 0 Å². The van der Waals surface area contributed by atoms with Crippen molar-refractivity contribution >= 4 is 49.7 Å². The molecule has 4 unspecified atom stereocenters. The number of fused-ring (bicyclic) bond motifs is 6. The quantitative estimate of drug-likeness (QED) is 0.126. The van der Waals surface area contributed by atoms with Gasteiger partial charge >= 0.3 is 0 Å². The predicted molar refractivity (Wildman–Crippen MR) is 272 cm³/mol. The number of rotatable bonds is 7. The minimum absolute atomic E-state index is 0.0699. The van der Waals surface area contributed by atoms with E-state index in [2.05, 4.69) is 219 Å². The zero-order valence-electron chi connectivity index (χ0n) is 36.2. The molecule has 6 aromatic rings. The molecule has 0 radical (unpaired) electrons. The second-order valence-corrected chi connectivity index (χ2v) is 18.1. The van der Waals surface area contributed by atoms with Gasteiger partial charge in [0.05, 0.1) is 12.1 Å². The highest BCUT2D eigenvalue weighted by Gasteiger charge is 2.31. The number of hydrogen-bond donors (Lipinski definition) is 1. The first kappa shape index (κ1) is 38.4. The zero-order valence-corrected chi connectivity index (χ0v) is 36.2. The van der Waals surface area contributed by atoms with Gasteiger partial charge in [-0.15, -0.1) is 0 Å². The Morgan fingerprint density at radius 2 is 1.38 bits per heavy atom. The molecular formula is C62H50N2. The third-order valence-corrected chi connectivity index (χ3v) is 14.3. The Balaban J connectivity index is 0.898. The van der Waals surface area contributed by atoms with Gasteiger partial charge in [0.15, 0.2) is 0 Å². The molecule has 0 amide bonds. The van der Waals surface area contributed by atoms with Crippen LogP contribution < -0.4 is 15.8 Å². The fourth-order valence-electron chi connectivity index (χ4n) is 11.1. The predicted octanol–water partition coefficient (Wildman–Crippen LogP) is 13.1. The van der Waals surface area contributed by atoms with Crippen LogP contribution in [0.2, 0.25) is 0 Å². The summed E-state index contributed by atoms with van der Waals surface area (Å²) >= 11 is 0. The van der Waals surface area contributed by atoms with Gasteiger partial charge in [0.25, 0.3) is 0 Å². The molecule has 1 N–H and O–H groups in total. The highest BCUT2D eigenvalue weighted by molar-refractivity contribution is 6.15. The van der Waals surface area contributed by atoms with Crippen LogP contribution in [0, 0.1) is 18.8 Å². The van der Waals surface area contributed by atoms with Crippen molar-refractivity contribution in [3.8, 4) is 11.1 Å². The smallest absolute Gasteiger partial charge is 0.0920 e. The first-order valence-electron chi connectivity index (χ1n) is 23.1. The van der Waals surface area contributed by atoms with E-state index in [1.165, 1.54) is 104 Å². The average Bonchev–Trinajstić information content (AvgIpc) is 3.35. The molecule has 0 aliphatic heterocycles. The van der Waals surface area contributed by atoms with Gasteiger partial charge in [-0.1, -0.05) is 182 Å². The molecule has 0 saturated heterocycles. The first-order valence-corrected chi connectivity index (χ1v) is 23.1. The van der Waals surface area contributed by atoms with E-state index in [1.54, 1.807) is 0 Å². The number of nitrogens with zero attached hydrogens (tertiary/aromatic N) is 1. The van der Waals surface area contributed by atoms with E-state index >= 15 is 0 Å². The lowest BCUT2D eigenvalue weighted by Gasteiger charge is -2.33. The summed E-state index contributed by atoms with van der Waals surface area (Å²) in [6.45, 7) is 2.26. The van der Waals surface area contributed by atoms with Crippen LogP contribution in [0.3, 0.4) is 0 Å². The molecule has 0 aromatic heterocycles. The van der Waals surface area contributed by atoms with Gasteiger partial charge in [-0.25, -0.2) is 0 Å². The zero-order chi connectivity index (χ0) is 42.6. The number of aliphatic imine (C=N–C) groups is 1. The lowest BCUT2D eigenvalue weighted by atomic mass is 9.71. The normalized spacial score (nSPS) is 22.2. The van der Waals surface area contributed by atoms with Gasteiger partial charge in [0.2, 0.25) is 0 Å². The molecule has 12 rings (SSSR count). The third-order valence-electron chi connectivity index (χ3n) is 14.3. The molecule has 0 bridgehead atoms. The Morgan fingerprint density at radius 3 is 2.17 bits per heavy atom. The summed E-state index contributed by atoms with van der Waals surface area (Å²) in [5.74, 6) is 0.601. The van der Waals surface area contributed by atoms with E-state index in [0.717, 1.165) is 25.7 Å². The molecule has 6 aromatic carbocycles. The number of hydrogen-bond acceptors (Lipinski definition) is 2. The molecule has 0 fully saturated rings. The van der Waals surface area contributed by atoms with Crippen molar-refractivity contribution in [3.63, 3.8) is 0 Å². The van der Waals surface area contributed by atoms with Gasteiger partial charge in [0, 0.05) is 23.7 Å². The van der Waals surface area contributed by atoms with E-state index in [9.17, 15) is 0 Å². The summed E-state index contributed by atoms with van der Waals surface area (Å²) in [6.07, 6.45) is 40.4. The second kappa shape index (κ2) is 16.1. The van der Waals surface area contributed by atoms with Crippen LogP contribution in [0.15, 0.2) is 233 Å². The van der Waals surface area contributed by atoms with E-state index in [-0.39, 0.29) is 18.0 Å². The van der Waals surface area contributed by atoms with E-state index < -0.39 is 0 Å². The van der Waals surface area contributed by atoms with Gasteiger partial charge < -0.3 is 5.32 Å². The van der Waals surface area contributed by atoms with Crippen molar-refractivity contribution in [1.29, 1.82) is 0 Å². The number of benzene rings is 6. The van der Waals surface area contributed by atoms with Crippen LogP contribution >= 0.6 is 0 Å². The van der Waals surface area contributed by atoms with Gasteiger partial charge in [0.1, 0.15) is 0 Å². The SMILES string of the molecule is Cc1c2ccccc2c(-c2ccc3cc(C4=c5ccccc5=C(C5=CC6=CC=C(C=NC7C=CC=CC7NC7=CC=CCC7)CC6C=C5)C5=CC=CCC54)ccc3c2)c2ccccc12. The molecule has 0 saturated carbocycles. The minimum atomic E-state index is 0.0699. The Labute approximate surface area is 375 Å². The summed E-state index contributed by atoms with van der Waals surface area (Å²) in [7, 11) is 0. The maximum absolute atomic E-state index is 5.11. The monoisotopic (exact) mass is 822 g/mol. The Hall–Kier alpha value is -7.29. The lowest BCUT2D eigenvalue weighted by molar-refractivity contribution is 0.584. The van der Waals surface area contributed by atoms with E-state index in [4.69, 9.17) is 4.99 Å². The summed E-state index contributed by atoms with van der Waals surface area (Å²) in [6, 6.07) is 41.4. The van der Waals surface area contributed by atoms with Crippen LogP contribution in [-0.2, 0) is 0 Å². The van der Waals surface area contributed by atoms with Crippen LogP contribution in [-0.4, -0.2) is 18.3 Å². The van der Waals surface area contributed by atoms with E-state index in [1.807, 2.05) is 0 Å². The minimum Gasteiger partial charge on any atom is -0.380 e. The highest BCUT2D eigenvalue weighted by atomic mass is 15.0. The van der Waals surface area contributed by atoms with Gasteiger partial charge in [-0.3, -0.25) is 4.99 Å². The molecule has 6 aliphatic rings. The summed E-state index contributed by atoms with van der Waals surface area (Å²) in [5, 5.41) is 14.2. The summed E-state index contributed by atoms with van der Waals surface area (Å²) in [5.41, 5.74) is 14.6. The van der Waals surface area contributed by atoms with Crippen LogP contribution in [0.1, 0.15) is 36.8 Å². The highest BCUT2D eigenvalue weighted by Crippen LogP contribution is 2.44. The van der Waals surface area contributed by atoms with Crippen molar-refractivity contribution in [2.24, 2.45) is 16.8 Å². The van der Waals surface area contributed by atoms with Crippen molar-refractivity contribution < 1.29 is 0 Å². The topological polar surface area (TPSA) is 24.4 Å². The first-order chi connectivity index (χ1) is 31.6. The lowest BCUT2D eigenvalue weighted by Crippen LogP contribution is -2.38. The standard InChI is InChI=1S/C62H50N2/c1-40-50-17-5-7-19-52(50)60(53-20-8-6-18-51(40)53)46-33-30-45-38-48(34-31-44(45)37-46)62-56-23-11-9-21-54(56)61(55-22-10-12-24-57(55)62)47-32-29-42-35-41(27-28-43(42)36-47)39-63-58-25-13-14-26-59(58)64-49-15-3-2-4-16-49/h2-3,5-15,17-23,25-34,36-39,42,57-59,64H,4,16,24,35H2,1H3. The third kappa shape index (κ3) is 6.77. The van der Waals surface area contributed by atoms with E-state index in [0.29, 0.717) is 5.92 Å². The van der Waals surface area contributed by atoms with Crippen LogP contribution in [0.4, 0.5) is 0 Å². The number of aryl methyl sites for hydroxylation is 1. The van der Waals surface area contributed by atoms with Crippen molar-refractivity contribution in [3.05, 3.63) is 250 Å². The largest absolute Gasteiger partial charge is 0.380 e. The van der Waals surface area contributed by atoms with Crippen LogP contribution in [0.25, 0.3) is 54.6 Å². The fraction of sp³-hybridized carbons (Fsp3) is 0.145. The molecule has 64 heavy (non-hydrogen) atoms. The molecule has 4 atom stereocenters. The molecular weight excluding hydrogens is 773 g/mol. The molecule has 308 valence electrons. The maximum atomic E-state index is 5.11. The Bertz CT molecular complexity index is 3380. The van der Waals surface area contributed by atoms with Gasteiger partial charge in [-0.2, -0.15) is 0 Å². The average molecular weight is 823 g/mol. The molecule has 0 heterocycles. The molecule has 2 nitrogen and oxygen atoms in total. The second-order valence-electron chi connectivity index (χ2n) is 18.1. The van der Waals surface area contributed by atoms with Crippen LogP contribution in [0.5, 0.6) is 0 Å². The van der Waals surface area contributed by atoms with Crippen molar-refractivity contribution in [2.45, 2.75) is 44.7 Å². The number of allylic oxidation sites excluding steroid dienone is 18. The molecule has 0 spiro atoms.